The second-order valence-corrected chi connectivity index (χ2v) is 10.6. The highest BCUT2D eigenvalue weighted by Crippen LogP contribution is 2.44. The van der Waals surface area contributed by atoms with Crippen LogP contribution in [-0.4, -0.2) is 85.1 Å². The van der Waals surface area contributed by atoms with Gasteiger partial charge in [-0.2, -0.15) is 5.10 Å². The summed E-state index contributed by atoms with van der Waals surface area (Å²) in [6, 6.07) is 10.2. The van der Waals surface area contributed by atoms with Crippen molar-refractivity contribution in [3.8, 4) is 22.8 Å². The van der Waals surface area contributed by atoms with Crippen LogP contribution in [0.2, 0.25) is 0 Å². The number of carbonyl (C=O) groups excluding carboxylic acids is 2. The van der Waals surface area contributed by atoms with Crippen LogP contribution < -0.4 is 14.8 Å². The first-order valence-electron chi connectivity index (χ1n) is 13.0. The van der Waals surface area contributed by atoms with Crippen LogP contribution in [0.15, 0.2) is 36.4 Å². The first kappa shape index (κ1) is 27.9. The second-order valence-electron chi connectivity index (χ2n) is 9.33. The number of nitrogens with zero attached hydrogens (tertiary/aromatic N) is 2. The number of hydrogen-bond donors (Lipinski definition) is 2. The molecule has 2 amide bonds. The zero-order chi connectivity index (χ0) is 28.1. The summed E-state index contributed by atoms with van der Waals surface area (Å²) in [7, 11) is 3.12. The predicted molar refractivity (Wildman–Crippen MR) is 149 cm³/mol. The van der Waals surface area contributed by atoms with Crippen molar-refractivity contribution in [2.75, 3.05) is 58.3 Å². The third kappa shape index (κ3) is 6.24. The summed E-state index contributed by atoms with van der Waals surface area (Å²) in [5.74, 6) is 1.94. The number of aromatic nitrogens is 2. The van der Waals surface area contributed by atoms with Crippen molar-refractivity contribution in [1.82, 2.24) is 15.1 Å². The Kier molecular flexibility index (Phi) is 8.88. The molecule has 1 aliphatic carbocycles. The van der Waals surface area contributed by atoms with Crippen molar-refractivity contribution in [3.63, 3.8) is 0 Å². The van der Waals surface area contributed by atoms with E-state index in [0.717, 1.165) is 22.4 Å². The Labute approximate surface area is 235 Å². The molecule has 2 N–H and O–H groups in total. The van der Waals surface area contributed by atoms with Gasteiger partial charge in [-0.1, -0.05) is 6.07 Å². The van der Waals surface area contributed by atoms with Crippen molar-refractivity contribution in [1.29, 1.82) is 0 Å². The Balaban J connectivity index is 1.05. The smallest absolute Gasteiger partial charge is 0.242 e. The molecule has 0 spiro atoms. The van der Waals surface area contributed by atoms with E-state index in [1.165, 1.54) is 35.8 Å². The minimum absolute atomic E-state index is 0.133. The van der Waals surface area contributed by atoms with Gasteiger partial charge in [0.2, 0.25) is 11.8 Å². The number of imide groups is 1. The lowest BCUT2D eigenvalue weighted by molar-refractivity contribution is -0.136. The van der Waals surface area contributed by atoms with Crippen molar-refractivity contribution >= 4 is 35.1 Å². The summed E-state index contributed by atoms with van der Waals surface area (Å²) >= 11 is 1.45. The van der Waals surface area contributed by atoms with Gasteiger partial charge in [-0.3, -0.25) is 19.6 Å². The van der Waals surface area contributed by atoms with Gasteiger partial charge < -0.3 is 24.3 Å². The summed E-state index contributed by atoms with van der Waals surface area (Å²) in [6.07, 6.45) is 0.916. The monoisotopic (exact) mass is 570 g/mol. The number of nitrogens with one attached hydrogen (secondary N) is 2. The van der Waals surface area contributed by atoms with Gasteiger partial charge in [-0.25, -0.2) is 4.39 Å². The maximum Gasteiger partial charge on any atom is 0.242 e. The van der Waals surface area contributed by atoms with Crippen LogP contribution in [0.4, 0.5) is 15.9 Å². The molecule has 1 saturated heterocycles. The predicted octanol–water partition coefficient (Wildman–Crippen LogP) is 3.77. The van der Waals surface area contributed by atoms with Gasteiger partial charge in [0.05, 0.1) is 44.5 Å². The van der Waals surface area contributed by atoms with E-state index in [9.17, 15) is 14.0 Å². The molecular weight excluding hydrogens is 539 g/mol. The Hall–Kier alpha value is -3.61. The molecule has 12 heteroatoms. The summed E-state index contributed by atoms with van der Waals surface area (Å²) in [5, 5.41) is 10.4. The maximum atomic E-state index is 13.6. The quantitative estimate of drug-likeness (QED) is 0.173. The molecule has 2 heterocycles. The molecule has 40 heavy (non-hydrogen) atoms. The fourth-order valence-electron chi connectivity index (χ4n) is 4.64. The molecule has 1 aliphatic heterocycles. The van der Waals surface area contributed by atoms with E-state index < -0.39 is 0 Å². The Morgan fingerprint density at radius 3 is 2.65 bits per heavy atom. The van der Waals surface area contributed by atoms with Gasteiger partial charge >= 0.3 is 0 Å². The third-order valence-corrected chi connectivity index (χ3v) is 7.90. The number of rotatable bonds is 14. The summed E-state index contributed by atoms with van der Waals surface area (Å²) in [4.78, 5) is 24.6. The van der Waals surface area contributed by atoms with Crippen LogP contribution in [0.3, 0.4) is 0 Å². The summed E-state index contributed by atoms with van der Waals surface area (Å²) < 4.78 is 36.3. The van der Waals surface area contributed by atoms with Crippen LogP contribution in [0.25, 0.3) is 11.3 Å². The van der Waals surface area contributed by atoms with E-state index in [1.807, 2.05) is 12.1 Å². The number of ether oxygens (including phenoxy) is 4. The fraction of sp³-hybridized carbons (Fsp3) is 0.393. The number of aromatic amines is 1. The fourth-order valence-corrected chi connectivity index (χ4v) is 5.70. The van der Waals surface area contributed by atoms with Gasteiger partial charge in [0, 0.05) is 42.5 Å². The molecule has 1 aromatic heterocycles. The lowest BCUT2D eigenvalue weighted by atomic mass is 10.1. The Morgan fingerprint density at radius 2 is 1.90 bits per heavy atom. The second kappa shape index (κ2) is 12.7. The highest BCUT2D eigenvalue weighted by atomic mass is 32.2. The molecule has 1 fully saturated rings. The average Bonchev–Trinajstić information content (AvgIpc) is 3.58. The summed E-state index contributed by atoms with van der Waals surface area (Å²) in [6.45, 7) is 2.03. The number of anilines is 2. The molecular formula is C28H31FN4O6S. The van der Waals surface area contributed by atoms with Crippen molar-refractivity contribution in [3.05, 3.63) is 53.3 Å². The summed E-state index contributed by atoms with van der Waals surface area (Å²) in [5.41, 5.74) is 4.58. The zero-order valence-corrected chi connectivity index (χ0v) is 23.1. The van der Waals surface area contributed by atoms with Crippen molar-refractivity contribution in [2.45, 2.75) is 18.1 Å². The van der Waals surface area contributed by atoms with Crippen LogP contribution in [0.1, 0.15) is 17.5 Å². The van der Waals surface area contributed by atoms with Gasteiger partial charge in [-0.05, 0) is 35.9 Å². The van der Waals surface area contributed by atoms with Gasteiger partial charge in [-0.15, -0.1) is 11.8 Å². The van der Waals surface area contributed by atoms with E-state index in [0.29, 0.717) is 68.2 Å². The topological polar surface area (TPSA) is 115 Å². The van der Waals surface area contributed by atoms with E-state index in [2.05, 4.69) is 15.5 Å². The van der Waals surface area contributed by atoms with Gasteiger partial charge in [0.1, 0.15) is 12.4 Å². The van der Waals surface area contributed by atoms with Crippen LogP contribution >= 0.6 is 11.8 Å². The molecule has 2 aromatic carbocycles. The lowest BCUT2D eigenvalue weighted by Gasteiger charge is -2.13. The highest BCUT2D eigenvalue weighted by molar-refractivity contribution is 8.00. The third-order valence-electron chi connectivity index (χ3n) is 6.72. The van der Waals surface area contributed by atoms with Gasteiger partial charge in [0.25, 0.3) is 0 Å². The molecule has 2 aliphatic rings. The van der Waals surface area contributed by atoms with E-state index in [-0.39, 0.29) is 29.3 Å². The SMILES string of the molecule is COc1cc2c(cc1OCCOCCOCCSC1CC(=O)N(C)C1=O)-c1[nH]nc(Nc3cccc(F)c3)c1C2. The number of amides is 2. The largest absolute Gasteiger partial charge is 0.493 e. The minimum Gasteiger partial charge on any atom is -0.493 e. The number of fused-ring (bicyclic) bond motifs is 3. The number of hydrogen-bond acceptors (Lipinski definition) is 9. The van der Waals surface area contributed by atoms with E-state index in [4.69, 9.17) is 18.9 Å². The van der Waals surface area contributed by atoms with E-state index >= 15 is 0 Å². The molecule has 212 valence electrons. The standard InChI is InChI=1S/C28H31FN4O6S/c1-33-25(34)16-24(28(33)35)40-11-10-38-7-6-37-8-9-39-23-15-20-17(13-22(23)36-2)12-21-26(20)31-32-27(21)30-19-5-3-4-18(29)14-19/h3-5,13-15,24H,6-12,16H2,1-2H3,(H2,30,31,32). The number of benzene rings is 2. The molecule has 10 nitrogen and oxygen atoms in total. The first-order valence-corrected chi connectivity index (χ1v) is 14.0. The van der Waals surface area contributed by atoms with Crippen molar-refractivity contribution in [2.24, 2.45) is 0 Å². The zero-order valence-electron chi connectivity index (χ0n) is 22.3. The minimum atomic E-state index is -0.316. The normalized spacial score (nSPS) is 15.9. The number of carbonyl (C=O) groups is 2. The number of H-pyrrole nitrogens is 1. The first-order chi connectivity index (χ1) is 19.4. The van der Waals surface area contributed by atoms with Crippen LogP contribution in [-0.2, 0) is 25.5 Å². The number of halogens is 1. The number of likely N-dealkylation sites (tertiary alicyclic amines) is 1. The Bertz CT molecular complexity index is 1380. The van der Waals surface area contributed by atoms with E-state index in [1.54, 1.807) is 19.2 Å². The number of thioether (sulfide) groups is 1. The molecule has 0 radical (unpaired) electrons. The molecule has 0 saturated carbocycles. The number of methoxy groups -OCH3 is 1. The van der Waals surface area contributed by atoms with Crippen LogP contribution in [0.5, 0.6) is 11.5 Å². The molecule has 3 aromatic rings. The molecule has 5 rings (SSSR count). The Morgan fingerprint density at radius 1 is 1.10 bits per heavy atom. The van der Waals surface area contributed by atoms with Crippen LogP contribution in [0, 0.1) is 5.82 Å². The van der Waals surface area contributed by atoms with Gasteiger partial charge in [0.15, 0.2) is 17.3 Å². The highest BCUT2D eigenvalue weighted by Gasteiger charge is 2.36. The molecule has 0 bridgehead atoms. The lowest BCUT2D eigenvalue weighted by Crippen LogP contribution is -2.26. The van der Waals surface area contributed by atoms with Crippen molar-refractivity contribution < 1.29 is 32.9 Å². The molecule has 1 unspecified atom stereocenters. The average molecular weight is 571 g/mol. The maximum absolute atomic E-state index is 13.6. The molecule has 1 atom stereocenters.